The number of hydrogen-bond donors (Lipinski definition) is 4. The molecule has 2 fully saturated rings. The van der Waals surface area contributed by atoms with Crippen molar-refractivity contribution in [2.24, 2.45) is 0 Å². The molecule has 4 N–H and O–H groups in total. The number of hydrogen-bond acceptors (Lipinski definition) is 9. The number of benzene rings is 1. The molecule has 0 bridgehead atoms. The van der Waals surface area contributed by atoms with Crippen molar-refractivity contribution in [1.82, 2.24) is 40.9 Å². The second-order valence-electron chi connectivity index (χ2n) is 11.1. The van der Waals surface area contributed by atoms with Crippen molar-refractivity contribution in [2.45, 2.75) is 83.0 Å². The van der Waals surface area contributed by atoms with Crippen molar-refractivity contribution < 1.29 is 0 Å². The lowest BCUT2D eigenvalue weighted by Gasteiger charge is -2.25. The van der Waals surface area contributed by atoms with E-state index < -0.39 is 0 Å². The van der Waals surface area contributed by atoms with Gasteiger partial charge in [-0.2, -0.15) is 4.98 Å². The quantitative estimate of drug-likeness (QED) is 0.232. The van der Waals surface area contributed by atoms with Gasteiger partial charge in [0.15, 0.2) is 0 Å². The van der Waals surface area contributed by atoms with E-state index in [1.807, 2.05) is 30.1 Å². The summed E-state index contributed by atoms with van der Waals surface area (Å²) < 4.78 is 1.95. The minimum Gasteiger partial charge on any atom is -0.367 e. The fraction of sp³-hybridized carbons (Fsp3) is 0.655. The lowest BCUT2D eigenvalue weighted by molar-refractivity contribution is 0.371. The van der Waals surface area contributed by atoms with Gasteiger partial charge in [0, 0.05) is 31.1 Å². The number of rotatable bonds is 14. The first-order chi connectivity index (χ1) is 19.2. The molecule has 10 heteroatoms. The predicted octanol–water partition coefficient (Wildman–Crippen LogP) is 3.31. The van der Waals surface area contributed by atoms with Gasteiger partial charge in [0.2, 0.25) is 5.95 Å². The molecule has 1 saturated heterocycles. The Morgan fingerprint density at radius 1 is 0.949 bits per heavy atom. The number of anilines is 2. The van der Waals surface area contributed by atoms with Crippen LogP contribution in [0.1, 0.15) is 63.5 Å². The van der Waals surface area contributed by atoms with E-state index in [0.29, 0.717) is 18.5 Å². The van der Waals surface area contributed by atoms with Crippen LogP contribution in [0.2, 0.25) is 0 Å². The van der Waals surface area contributed by atoms with E-state index in [4.69, 9.17) is 9.97 Å². The SMILES string of the molecule is CN(Cc1cn(CCCNCCCNC2CCCCC2)nn1)c1nc(NC2CCNCC2)c2ccccc2n1. The van der Waals surface area contributed by atoms with E-state index >= 15 is 0 Å². The number of aryl methyl sites for hydroxylation is 1. The summed E-state index contributed by atoms with van der Waals surface area (Å²) in [5, 5.41) is 24.2. The number of piperidine rings is 1. The molecule has 0 unspecified atom stereocenters. The summed E-state index contributed by atoms with van der Waals surface area (Å²) in [6.07, 6.45) is 13.4. The molecule has 0 radical (unpaired) electrons. The van der Waals surface area contributed by atoms with Gasteiger partial charge in [0.1, 0.15) is 11.5 Å². The third-order valence-electron chi connectivity index (χ3n) is 7.91. The van der Waals surface area contributed by atoms with Crippen LogP contribution in [0.15, 0.2) is 30.5 Å². The van der Waals surface area contributed by atoms with Crippen LogP contribution >= 0.6 is 0 Å². The standard InChI is InChI=1S/C29H46N10/c1-38(29-34-27-12-6-5-11-26(27)28(35-29)33-24-13-18-31-19-14-24)21-25-22-39(37-36-25)20-8-16-30-15-7-17-32-23-9-3-2-4-10-23/h5-6,11-12,22-24,30-32H,2-4,7-10,13-21H2,1H3,(H,33,34,35). The first-order valence-electron chi connectivity index (χ1n) is 15.0. The van der Waals surface area contributed by atoms with Gasteiger partial charge in [0.05, 0.1) is 18.3 Å². The lowest BCUT2D eigenvalue weighted by atomic mass is 9.95. The van der Waals surface area contributed by atoms with Crippen LogP contribution < -0.4 is 26.2 Å². The van der Waals surface area contributed by atoms with Crippen LogP contribution in [0, 0.1) is 0 Å². The van der Waals surface area contributed by atoms with Gasteiger partial charge < -0.3 is 26.2 Å². The van der Waals surface area contributed by atoms with Crippen LogP contribution in [0.25, 0.3) is 10.9 Å². The molecule has 39 heavy (non-hydrogen) atoms. The van der Waals surface area contributed by atoms with Crippen molar-refractivity contribution >= 4 is 22.7 Å². The number of nitrogens with zero attached hydrogens (tertiary/aromatic N) is 6. The Balaban J connectivity index is 1.06. The molecule has 1 aromatic carbocycles. The number of fused-ring (bicyclic) bond motifs is 1. The lowest BCUT2D eigenvalue weighted by Crippen LogP contribution is -2.35. The minimum absolute atomic E-state index is 0.426. The predicted molar refractivity (Wildman–Crippen MR) is 158 cm³/mol. The molecule has 2 aliphatic rings. The molecular formula is C29H46N10. The minimum atomic E-state index is 0.426. The summed E-state index contributed by atoms with van der Waals surface area (Å²) in [6, 6.07) is 9.41. The zero-order valence-electron chi connectivity index (χ0n) is 23.5. The van der Waals surface area contributed by atoms with E-state index in [2.05, 4.69) is 48.6 Å². The zero-order chi connectivity index (χ0) is 26.7. The van der Waals surface area contributed by atoms with E-state index in [9.17, 15) is 0 Å². The Labute approximate surface area is 232 Å². The van der Waals surface area contributed by atoms with Crippen LogP contribution in [-0.4, -0.2) is 76.8 Å². The Morgan fingerprint density at radius 3 is 2.64 bits per heavy atom. The third-order valence-corrected chi connectivity index (χ3v) is 7.91. The van der Waals surface area contributed by atoms with E-state index in [1.165, 1.54) is 38.5 Å². The van der Waals surface area contributed by atoms with E-state index in [1.54, 1.807) is 0 Å². The second-order valence-corrected chi connectivity index (χ2v) is 11.1. The summed E-state index contributed by atoms with van der Waals surface area (Å²) in [4.78, 5) is 11.8. The molecule has 0 amide bonds. The highest BCUT2D eigenvalue weighted by molar-refractivity contribution is 5.90. The Kier molecular flexibility index (Phi) is 10.3. The maximum absolute atomic E-state index is 4.93. The highest BCUT2D eigenvalue weighted by atomic mass is 15.4. The average Bonchev–Trinajstić information content (AvgIpc) is 3.42. The second kappa shape index (κ2) is 14.5. The summed E-state index contributed by atoms with van der Waals surface area (Å²) in [7, 11) is 2.02. The summed E-state index contributed by atoms with van der Waals surface area (Å²) in [6.45, 7) is 6.73. The normalized spacial score (nSPS) is 17.1. The molecule has 3 aromatic rings. The fourth-order valence-corrected chi connectivity index (χ4v) is 5.66. The van der Waals surface area contributed by atoms with Gasteiger partial charge in [-0.15, -0.1) is 5.10 Å². The highest BCUT2D eigenvalue weighted by Gasteiger charge is 2.17. The summed E-state index contributed by atoms with van der Waals surface area (Å²) >= 11 is 0. The van der Waals surface area contributed by atoms with Gasteiger partial charge in [-0.05, 0) is 83.4 Å². The van der Waals surface area contributed by atoms with Gasteiger partial charge in [-0.3, -0.25) is 4.68 Å². The maximum Gasteiger partial charge on any atom is 0.227 e. The smallest absolute Gasteiger partial charge is 0.227 e. The van der Waals surface area contributed by atoms with E-state index in [0.717, 1.165) is 87.0 Å². The van der Waals surface area contributed by atoms with Crippen molar-refractivity contribution in [3.8, 4) is 0 Å². The maximum atomic E-state index is 4.93. The average molecular weight is 535 g/mol. The molecule has 1 saturated carbocycles. The molecular weight excluding hydrogens is 488 g/mol. The van der Waals surface area contributed by atoms with Gasteiger partial charge in [-0.25, -0.2) is 4.98 Å². The van der Waals surface area contributed by atoms with Crippen LogP contribution in [0.4, 0.5) is 11.8 Å². The van der Waals surface area contributed by atoms with Crippen molar-refractivity contribution in [3.63, 3.8) is 0 Å². The molecule has 0 spiro atoms. The van der Waals surface area contributed by atoms with Crippen LogP contribution in [0.5, 0.6) is 0 Å². The molecule has 10 nitrogen and oxygen atoms in total. The topological polar surface area (TPSA) is 108 Å². The van der Waals surface area contributed by atoms with Crippen LogP contribution in [-0.2, 0) is 13.1 Å². The zero-order valence-corrected chi connectivity index (χ0v) is 23.5. The highest BCUT2D eigenvalue weighted by Crippen LogP contribution is 2.25. The molecule has 3 heterocycles. The molecule has 2 aromatic heterocycles. The monoisotopic (exact) mass is 534 g/mol. The van der Waals surface area contributed by atoms with Crippen molar-refractivity contribution in [3.05, 3.63) is 36.2 Å². The van der Waals surface area contributed by atoms with E-state index in [-0.39, 0.29) is 0 Å². The molecule has 212 valence electrons. The fourth-order valence-electron chi connectivity index (χ4n) is 5.66. The largest absolute Gasteiger partial charge is 0.367 e. The molecule has 0 atom stereocenters. The Bertz CT molecular complexity index is 1140. The first-order valence-corrected chi connectivity index (χ1v) is 15.0. The van der Waals surface area contributed by atoms with Gasteiger partial charge in [-0.1, -0.05) is 36.6 Å². The molecule has 1 aliphatic heterocycles. The molecule has 5 rings (SSSR count). The third kappa shape index (κ3) is 8.33. The van der Waals surface area contributed by atoms with Crippen LogP contribution in [0.3, 0.4) is 0 Å². The Morgan fingerprint density at radius 2 is 1.77 bits per heavy atom. The Hall–Kier alpha value is -2.82. The van der Waals surface area contributed by atoms with Gasteiger partial charge in [0.25, 0.3) is 0 Å². The number of para-hydroxylation sites is 1. The van der Waals surface area contributed by atoms with Gasteiger partial charge >= 0.3 is 0 Å². The van der Waals surface area contributed by atoms with Crippen molar-refractivity contribution in [2.75, 3.05) is 50.0 Å². The number of aromatic nitrogens is 5. The molecule has 1 aliphatic carbocycles. The van der Waals surface area contributed by atoms with Crippen molar-refractivity contribution in [1.29, 1.82) is 0 Å². The summed E-state index contributed by atoms with van der Waals surface area (Å²) in [5.41, 5.74) is 1.87. The first kappa shape index (κ1) is 27.7. The number of nitrogens with one attached hydrogen (secondary N) is 4. The summed E-state index contributed by atoms with van der Waals surface area (Å²) in [5.74, 6) is 1.61.